The fourth-order valence-electron chi connectivity index (χ4n) is 7.41. The average molecular weight is 822 g/mol. The van der Waals surface area contributed by atoms with Gasteiger partial charge in [-0.25, -0.2) is 4.39 Å². The van der Waals surface area contributed by atoms with Crippen molar-refractivity contribution in [3.05, 3.63) is 77.4 Å². The smallest absolute Gasteiger partial charge is 0.417 e. The first-order valence-corrected chi connectivity index (χ1v) is 19.3. The van der Waals surface area contributed by atoms with Crippen molar-refractivity contribution < 1.29 is 41.5 Å². The second kappa shape index (κ2) is 16.7. The van der Waals surface area contributed by atoms with Gasteiger partial charge in [0.05, 0.1) is 36.0 Å². The minimum atomic E-state index is -4.82. The molecule has 0 radical (unpaired) electrons. The summed E-state index contributed by atoms with van der Waals surface area (Å²) >= 11 is 5.68. The zero-order chi connectivity index (χ0) is 42.0. The number of thiocarbonyl (C=S) groups is 1. The molecule has 3 aliphatic rings. The first kappa shape index (κ1) is 42.0. The maximum atomic E-state index is 15.9. The van der Waals surface area contributed by atoms with Crippen LogP contribution in [0.5, 0.6) is 5.75 Å². The van der Waals surface area contributed by atoms with Crippen LogP contribution in [-0.2, 0) is 31.8 Å². The summed E-state index contributed by atoms with van der Waals surface area (Å²) in [5.74, 6) is -0.981. The molecular formula is C41H43F4N7O5S. The van der Waals surface area contributed by atoms with Gasteiger partial charge in [-0.05, 0) is 112 Å². The first-order chi connectivity index (χ1) is 27.4. The van der Waals surface area contributed by atoms with Crippen LogP contribution in [0.3, 0.4) is 0 Å². The Morgan fingerprint density at radius 1 is 1.03 bits per heavy atom. The van der Waals surface area contributed by atoms with E-state index in [1.54, 1.807) is 67.3 Å². The number of anilines is 4. The summed E-state index contributed by atoms with van der Waals surface area (Å²) in [4.78, 5) is 54.6. The number of likely N-dealkylation sites (tertiary alicyclic amines) is 1. The predicted molar refractivity (Wildman–Crippen MR) is 213 cm³/mol. The fraction of sp³-hybridized carbons (Fsp3) is 0.415. The molecule has 12 nitrogen and oxygen atoms in total. The number of hydrogen-bond donors (Lipinski definition) is 3. The fourth-order valence-corrected chi connectivity index (χ4v) is 7.93. The summed E-state index contributed by atoms with van der Waals surface area (Å²) in [6.07, 6.45) is -3.14. The Morgan fingerprint density at radius 3 is 2.41 bits per heavy atom. The van der Waals surface area contributed by atoms with Crippen molar-refractivity contribution in [2.24, 2.45) is 0 Å². The van der Waals surface area contributed by atoms with Gasteiger partial charge in [0.1, 0.15) is 23.0 Å². The van der Waals surface area contributed by atoms with Crippen LogP contribution in [0.15, 0.2) is 60.7 Å². The zero-order valence-electron chi connectivity index (χ0n) is 32.2. The standard InChI is InChI=1S/C41H43F4N7O5S/c1-4-25-20-30(52-38(58)51(37(56)39(52,2)3)29-9-8-26(23-46)31(22-29)41(43,44)45)10-12-33(25)57-19-16-40(42)14-17-50(18-15-40)24-35(54)48-28-7-5-6-27(21-28)47-32-11-13-34(53)49-36(32)55/h5-10,12,20-22,32,47H,4,11,13-19,24H2,1-3H3,(H,48,54)(H,49,53,55). The van der Waals surface area contributed by atoms with Crippen LogP contribution in [-0.4, -0.2) is 77.1 Å². The maximum absolute atomic E-state index is 15.9. The summed E-state index contributed by atoms with van der Waals surface area (Å²) < 4.78 is 63.3. The van der Waals surface area contributed by atoms with E-state index < -0.39 is 46.4 Å². The molecule has 0 saturated carbocycles. The molecule has 1 atom stereocenters. The van der Waals surface area contributed by atoms with Crippen LogP contribution in [0.1, 0.15) is 69.6 Å². The molecule has 4 amide bonds. The second-order valence-corrected chi connectivity index (χ2v) is 15.5. The van der Waals surface area contributed by atoms with E-state index in [1.165, 1.54) is 6.07 Å². The highest BCUT2D eigenvalue weighted by molar-refractivity contribution is 7.81. The third kappa shape index (κ3) is 9.08. The highest BCUT2D eigenvalue weighted by Crippen LogP contribution is 2.41. The lowest BCUT2D eigenvalue weighted by molar-refractivity contribution is -0.138. The van der Waals surface area contributed by atoms with Crippen LogP contribution in [0.4, 0.5) is 40.3 Å². The summed E-state index contributed by atoms with van der Waals surface area (Å²) in [5.41, 5.74) is -2.18. The first-order valence-electron chi connectivity index (χ1n) is 18.9. The van der Waals surface area contributed by atoms with Gasteiger partial charge < -0.3 is 20.3 Å². The SMILES string of the molecule is CCc1cc(N2C(=S)N(c3ccc(C#N)c(C(F)(F)F)c3)C(=O)C2(C)C)ccc1OCCC1(F)CCN(CC(=O)Nc2cccc(NC3CCC(=O)NC3=O)c2)CC1. The number of aryl methyl sites for hydroxylation is 1. The highest BCUT2D eigenvalue weighted by atomic mass is 32.1. The molecule has 3 N–H and O–H groups in total. The van der Waals surface area contributed by atoms with E-state index >= 15 is 4.39 Å². The summed E-state index contributed by atoms with van der Waals surface area (Å²) in [7, 11) is 0. The van der Waals surface area contributed by atoms with E-state index in [9.17, 15) is 37.6 Å². The van der Waals surface area contributed by atoms with Gasteiger partial charge in [-0.1, -0.05) is 13.0 Å². The van der Waals surface area contributed by atoms with Gasteiger partial charge in [0.25, 0.3) is 5.91 Å². The highest BCUT2D eigenvalue weighted by Gasteiger charge is 2.51. The number of halogens is 4. The van der Waals surface area contributed by atoms with Crippen molar-refractivity contribution in [2.45, 2.75) is 82.7 Å². The van der Waals surface area contributed by atoms with Gasteiger partial charge in [0.2, 0.25) is 17.7 Å². The van der Waals surface area contributed by atoms with E-state index in [4.69, 9.17) is 17.0 Å². The molecule has 58 heavy (non-hydrogen) atoms. The Kier molecular flexibility index (Phi) is 12.1. The number of nitrogens with one attached hydrogen (secondary N) is 3. The van der Waals surface area contributed by atoms with Crippen LogP contribution in [0, 0.1) is 11.3 Å². The Balaban J connectivity index is 1.01. The van der Waals surface area contributed by atoms with Crippen molar-refractivity contribution in [3.63, 3.8) is 0 Å². The Hall–Kier alpha value is -5.60. The summed E-state index contributed by atoms with van der Waals surface area (Å²) in [6, 6.07) is 16.1. The maximum Gasteiger partial charge on any atom is 0.417 e. The number of alkyl halides is 4. The van der Waals surface area contributed by atoms with Crippen LogP contribution >= 0.6 is 12.2 Å². The molecular weight excluding hydrogens is 779 g/mol. The number of ether oxygens (including phenoxy) is 1. The third-order valence-corrected chi connectivity index (χ3v) is 11.1. The van der Waals surface area contributed by atoms with Crippen molar-refractivity contribution in [1.82, 2.24) is 10.2 Å². The number of carbonyl (C=O) groups excluding carboxylic acids is 4. The number of hydrogen-bond acceptors (Lipinski definition) is 9. The molecule has 3 saturated heterocycles. The van der Waals surface area contributed by atoms with Crippen LogP contribution < -0.4 is 30.5 Å². The number of imide groups is 1. The number of rotatable bonds is 12. The van der Waals surface area contributed by atoms with Gasteiger partial charge in [0.15, 0.2) is 5.11 Å². The normalized spacial score (nSPS) is 19.4. The largest absolute Gasteiger partial charge is 0.493 e. The second-order valence-electron chi connectivity index (χ2n) is 15.1. The minimum Gasteiger partial charge on any atom is -0.493 e. The zero-order valence-corrected chi connectivity index (χ0v) is 33.0. The Morgan fingerprint density at radius 2 is 1.74 bits per heavy atom. The molecule has 0 aliphatic carbocycles. The predicted octanol–water partition coefficient (Wildman–Crippen LogP) is 6.48. The average Bonchev–Trinajstić information content (AvgIpc) is 3.35. The van der Waals surface area contributed by atoms with Crippen molar-refractivity contribution in [3.8, 4) is 11.8 Å². The number of piperidine rings is 2. The molecule has 1 unspecified atom stereocenters. The van der Waals surface area contributed by atoms with E-state index in [0.29, 0.717) is 48.7 Å². The van der Waals surface area contributed by atoms with Gasteiger partial charge in [-0.3, -0.25) is 34.3 Å². The van der Waals surface area contributed by atoms with Gasteiger partial charge in [-0.15, -0.1) is 0 Å². The topological polar surface area (TPSA) is 147 Å². The minimum absolute atomic E-state index is 0.0275. The molecule has 6 rings (SSSR count). The van der Waals surface area contributed by atoms with E-state index in [0.717, 1.165) is 22.6 Å². The molecule has 3 aliphatic heterocycles. The van der Waals surface area contributed by atoms with E-state index in [1.807, 2.05) is 11.8 Å². The summed E-state index contributed by atoms with van der Waals surface area (Å²) in [6.45, 7) is 6.06. The molecule has 3 heterocycles. The molecule has 0 aromatic heterocycles. The van der Waals surface area contributed by atoms with E-state index in [2.05, 4.69) is 16.0 Å². The van der Waals surface area contributed by atoms with Crippen molar-refractivity contribution in [1.29, 1.82) is 5.26 Å². The Bertz CT molecular complexity index is 2170. The monoisotopic (exact) mass is 821 g/mol. The molecule has 0 bridgehead atoms. The van der Waals surface area contributed by atoms with Gasteiger partial charge in [0, 0.05) is 43.0 Å². The van der Waals surface area contributed by atoms with Gasteiger partial charge >= 0.3 is 6.18 Å². The van der Waals surface area contributed by atoms with E-state index in [-0.39, 0.29) is 61.4 Å². The lowest BCUT2D eigenvalue weighted by Crippen LogP contribution is -2.47. The molecule has 3 fully saturated rings. The molecule has 0 spiro atoms. The molecule has 3 aromatic rings. The lowest BCUT2D eigenvalue weighted by Gasteiger charge is -2.36. The van der Waals surface area contributed by atoms with Crippen LogP contribution in [0.25, 0.3) is 0 Å². The number of nitriles is 1. The lowest BCUT2D eigenvalue weighted by atomic mass is 9.90. The Labute approximate surface area is 338 Å². The van der Waals surface area contributed by atoms with Crippen LogP contribution in [0.2, 0.25) is 0 Å². The third-order valence-electron chi connectivity index (χ3n) is 10.7. The van der Waals surface area contributed by atoms with Gasteiger partial charge in [-0.2, -0.15) is 18.4 Å². The quantitative estimate of drug-likeness (QED) is 0.105. The number of benzene rings is 3. The summed E-state index contributed by atoms with van der Waals surface area (Å²) in [5, 5.41) is 17.4. The van der Waals surface area contributed by atoms with Crippen molar-refractivity contribution in [2.75, 3.05) is 46.7 Å². The molecule has 306 valence electrons. The number of carbonyl (C=O) groups is 4. The number of nitrogens with zero attached hydrogens (tertiary/aromatic N) is 4. The molecule has 17 heteroatoms. The molecule has 3 aromatic carbocycles. The van der Waals surface area contributed by atoms with Crippen molar-refractivity contribution >= 4 is 63.7 Å². The number of amides is 4.